The van der Waals surface area contributed by atoms with Gasteiger partial charge in [0.1, 0.15) is 0 Å². The third-order valence-corrected chi connectivity index (χ3v) is 2.09. The molecule has 0 unspecified atom stereocenters. The molecule has 0 heterocycles. The summed E-state index contributed by atoms with van der Waals surface area (Å²) in [6, 6.07) is 7.47. The van der Waals surface area contributed by atoms with E-state index in [4.69, 9.17) is 0 Å². The number of hydrazine groups is 1. The van der Waals surface area contributed by atoms with Gasteiger partial charge in [-0.1, -0.05) is 18.2 Å². The highest BCUT2D eigenvalue weighted by molar-refractivity contribution is 5.94. The van der Waals surface area contributed by atoms with Gasteiger partial charge >= 0.3 is 0 Å². The predicted molar refractivity (Wildman–Crippen MR) is 64.9 cm³/mol. The van der Waals surface area contributed by atoms with Crippen molar-refractivity contribution in [1.29, 1.82) is 0 Å². The molecule has 4 nitrogen and oxygen atoms in total. The largest absolute Gasteiger partial charge is 0.349 e. The Morgan fingerprint density at radius 2 is 2.06 bits per heavy atom. The second-order valence-corrected chi connectivity index (χ2v) is 3.30. The van der Waals surface area contributed by atoms with Crippen LogP contribution in [-0.4, -0.2) is 19.5 Å². The average Bonchev–Trinajstić information content (AvgIpc) is 2.34. The van der Waals surface area contributed by atoms with Gasteiger partial charge in [0.15, 0.2) is 0 Å². The molecule has 3 N–H and O–H groups in total. The number of amides is 1. The average molecular weight is 219 g/mol. The maximum absolute atomic E-state index is 11.5. The van der Waals surface area contributed by atoms with Crippen molar-refractivity contribution >= 4 is 5.91 Å². The van der Waals surface area contributed by atoms with Crippen LogP contribution in [0, 0.1) is 0 Å². The lowest BCUT2D eigenvalue weighted by molar-refractivity contribution is 0.0958. The number of hydrogen-bond acceptors (Lipinski definition) is 3. The number of carbonyl (C=O) groups is 1. The highest BCUT2D eigenvalue weighted by atomic mass is 16.1. The third kappa shape index (κ3) is 3.84. The van der Waals surface area contributed by atoms with Crippen LogP contribution < -0.4 is 16.2 Å². The highest BCUT2D eigenvalue weighted by Crippen LogP contribution is 2.03. The van der Waals surface area contributed by atoms with Crippen molar-refractivity contribution in [3.63, 3.8) is 0 Å². The standard InChI is InChI=1S/C12H17N3O/c1-3-8-14-12(16)11-6-4-10(5-7-11)9-15-13-2/h3-7,13,15H,1,8-9H2,2H3,(H,14,16). The van der Waals surface area contributed by atoms with Gasteiger partial charge in [0, 0.05) is 18.7 Å². The first kappa shape index (κ1) is 12.4. The molecule has 4 heteroatoms. The van der Waals surface area contributed by atoms with Crippen LogP contribution in [0.4, 0.5) is 0 Å². The lowest BCUT2D eigenvalue weighted by Gasteiger charge is -2.05. The molecule has 0 bridgehead atoms. The van der Waals surface area contributed by atoms with Crippen LogP contribution in [0.3, 0.4) is 0 Å². The second kappa shape index (κ2) is 6.76. The maximum Gasteiger partial charge on any atom is 0.251 e. The van der Waals surface area contributed by atoms with Gasteiger partial charge in [-0.2, -0.15) is 0 Å². The third-order valence-electron chi connectivity index (χ3n) is 2.09. The summed E-state index contributed by atoms with van der Waals surface area (Å²) in [5.41, 5.74) is 7.61. The smallest absolute Gasteiger partial charge is 0.251 e. The van der Waals surface area contributed by atoms with Crippen molar-refractivity contribution in [2.75, 3.05) is 13.6 Å². The predicted octanol–water partition coefficient (Wildman–Crippen LogP) is 0.826. The van der Waals surface area contributed by atoms with Crippen molar-refractivity contribution in [3.8, 4) is 0 Å². The van der Waals surface area contributed by atoms with Gasteiger partial charge in [-0.25, -0.2) is 0 Å². The molecule has 1 aromatic rings. The number of rotatable bonds is 6. The first-order valence-corrected chi connectivity index (χ1v) is 5.15. The van der Waals surface area contributed by atoms with Crippen molar-refractivity contribution in [3.05, 3.63) is 48.0 Å². The minimum atomic E-state index is -0.0759. The molecule has 0 radical (unpaired) electrons. The Labute approximate surface area is 95.7 Å². The molecule has 0 aliphatic carbocycles. The van der Waals surface area contributed by atoms with Crippen LogP contribution in [0.5, 0.6) is 0 Å². The van der Waals surface area contributed by atoms with E-state index in [2.05, 4.69) is 22.7 Å². The summed E-state index contributed by atoms with van der Waals surface area (Å²) in [4.78, 5) is 11.5. The summed E-state index contributed by atoms with van der Waals surface area (Å²) in [6.45, 7) is 4.76. The topological polar surface area (TPSA) is 53.2 Å². The van der Waals surface area contributed by atoms with E-state index in [1.165, 1.54) is 0 Å². The van der Waals surface area contributed by atoms with E-state index < -0.39 is 0 Å². The molecular weight excluding hydrogens is 202 g/mol. The quantitative estimate of drug-likeness (QED) is 0.490. The number of nitrogens with one attached hydrogen (secondary N) is 3. The van der Waals surface area contributed by atoms with Gasteiger partial charge in [0.2, 0.25) is 0 Å². The molecule has 1 aromatic carbocycles. The van der Waals surface area contributed by atoms with Crippen LogP contribution in [-0.2, 0) is 6.54 Å². The van der Waals surface area contributed by atoms with Gasteiger partial charge in [-0.3, -0.25) is 15.6 Å². The Morgan fingerprint density at radius 1 is 1.38 bits per heavy atom. The summed E-state index contributed by atoms with van der Waals surface area (Å²) in [7, 11) is 1.82. The van der Waals surface area contributed by atoms with Gasteiger partial charge in [0.05, 0.1) is 0 Å². The SMILES string of the molecule is C=CCNC(=O)c1ccc(CNNC)cc1. The van der Waals surface area contributed by atoms with Crippen LogP contribution in [0.25, 0.3) is 0 Å². The first-order chi connectivity index (χ1) is 7.77. The van der Waals surface area contributed by atoms with Crippen molar-refractivity contribution in [1.82, 2.24) is 16.2 Å². The molecule has 0 aromatic heterocycles. The Morgan fingerprint density at radius 3 is 2.62 bits per heavy atom. The lowest BCUT2D eigenvalue weighted by atomic mass is 10.1. The number of carbonyl (C=O) groups excluding carboxylic acids is 1. The Balaban J connectivity index is 2.56. The molecule has 16 heavy (non-hydrogen) atoms. The van der Waals surface area contributed by atoms with E-state index in [0.717, 1.165) is 12.1 Å². The molecular formula is C12H17N3O. The summed E-state index contributed by atoms with van der Waals surface area (Å²) in [5.74, 6) is -0.0759. The molecule has 0 aliphatic heterocycles. The molecule has 1 rings (SSSR count). The van der Waals surface area contributed by atoms with E-state index in [1.807, 2.05) is 31.3 Å². The van der Waals surface area contributed by atoms with Gasteiger partial charge in [-0.05, 0) is 24.7 Å². The summed E-state index contributed by atoms with van der Waals surface area (Å²) < 4.78 is 0. The Hall–Kier alpha value is -1.65. The molecule has 1 amide bonds. The monoisotopic (exact) mass is 219 g/mol. The highest BCUT2D eigenvalue weighted by Gasteiger charge is 2.02. The minimum absolute atomic E-state index is 0.0759. The fourth-order valence-corrected chi connectivity index (χ4v) is 1.23. The van der Waals surface area contributed by atoms with E-state index in [1.54, 1.807) is 6.08 Å². The molecule has 0 atom stereocenters. The molecule has 0 aliphatic rings. The second-order valence-electron chi connectivity index (χ2n) is 3.30. The number of hydrogen-bond donors (Lipinski definition) is 3. The summed E-state index contributed by atoms with van der Waals surface area (Å²) >= 11 is 0. The zero-order chi connectivity index (χ0) is 11.8. The molecule has 0 spiro atoms. The van der Waals surface area contributed by atoms with Crippen LogP contribution in [0.1, 0.15) is 15.9 Å². The van der Waals surface area contributed by atoms with Crippen LogP contribution in [0.15, 0.2) is 36.9 Å². The van der Waals surface area contributed by atoms with E-state index >= 15 is 0 Å². The first-order valence-electron chi connectivity index (χ1n) is 5.15. The maximum atomic E-state index is 11.5. The van der Waals surface area contributed by atoms with Crippen LogP contribution in [0.2, 0.25) is 0 Å². The lowest BCUT2D eigenvalue weighted by Crippen LogP contribution is -2.26. The normalized spacial score (nSPS) is 9.81. The van der Waals surface area contributed by atoms with Crippen molar-refractivity contribution in [2.24, 2.45) is 0 Å². The zero-order valence-electron chi connectivity index (χ0n) is 9.42. The van der Waals surface area contributed by atoms with Crippen molar-refractivity contribution in [2.45, 2.75) is 6.54 Å². The molecule has 86 valence electrons. The summed E-state index contributed by atoms with van der Waals surface area (Å²) in [6.07, 6.45) is 1.66. The summed E-state index contributed by atoms with van der Waals surface area (Å²) in [5, 5.41) is 2.73. The van der Waals surface area contributed by atoms with E-state index in [9.17, 15) is 4.79 Å². The van der Waals surface area contributed by atoms with Crippen molar-refractivity contribution < 1.29 is 4.79 Å². The molecule has 0 saturated heterocycles. The van der Waals surface area contributed by atoms with Gasteiger partial charge in [-0.15, -0.1) is 6.58 Å². The van der Waals surface area contributed by atoms with Crippen LogP contribution >= 0.6 is 0 Å². The minimum Gasteiger partial charge on any atom is -0.349 e. The fraction of sp³-hybridized carbons (Fsp3) is 0.250. The zero-order valence-corrected chi connectivity index (χ0v) is 9.42. The van der Waals surface area contributed by atoms with E-state index in [-0.39, 0.29) is 5.91 Å². The fourth-order valence-electron chi connectivity index (χ4n) is 1.23. The Bertz CT molecular complexity index is 346. The van der Waals surface area contributed by atoms with E-state index in [0.29, 0.717) is 12.1 Å². The molecule has 0 fully saturated rings. The number of benzene rings is 1. The van der Waals surface area contributed by atoms with Gasteiger partial charge < -0.3 is 5.32 Å². The molecule has 0 saturated carbocycles. The van der Waals surface area contributed by atoms with Gasteiger partial charge in [0.25, 0.3) is 5.91 Å². The Kier molecular flexibility index (Phi) is 5.25.